The Morgan fingerprint density at radius 2 is 2.22 bits per heavy atom. The van der Waals surface area contributed by atoms with Gasteiger partial charge in [-0.25, -0.2) is 4.79 Å². The van der Waals surface area contributed by atoms with E-state index in [2.05, 4.69) is 5.32 Å². The van der Waals surface area contributed by atoms with Crippen molar-refractivity contribution in [2.45, 2.75) is 19.8 Å². The molecule has 1 heterocycles. The van der Waals surface area contributed by atoms with Crippen LogP contribution in [0.3, 0.4) is 0 Å². The number of carbonyl (C=O) groups is 2. The van der Waals surface area contributed by atoms with Crippen LogP contribution in [0.15, 0.2) is 18.2 Å². The number of rotatable bonds is 4. The number of methoxy groups -OCH3 is 1. The van der Waals surface area contributed by atoms with E-state index in [1.807, 2.05) is 0 Å². The molecule has 7 heteroatoms. The van der Waals surface area contributed by atoms with Crippen molar-refractivity contribution < 1.29 is 19.1 Å². The highest BCUT2D eigenvalue weighted by atomic mass is 35.5. The number of likely N-dealkylation sites (tertiary alicyclic amines) is 1. The minimum absolute atomic E-state index is 0.238. The van der Waals surface area contributed by atoms with E-state index in [-0.39, 0.29) is 17.9 Å². The van der Waals surface area contributed by atoms with Gasteiger partial charge >= 0.3 is 12.0 Å². The molecule has 0 radical (unpaired) electrons. The van der Waals surface area contributed by atoms with E-state index in [4.69, 9.17) is 21.1 Å². The predicted octanol–water partition coefficient (Wildman–Crippen LogP) is 3.16. The number of nitrogens with one attached hydrogen (secondary N) is 1. The van der Waals surface area contributed by atoms with Gasteiger partial charge in [-0.2, -0.15) is 0 Å². The highest BCUT2D eigenvalue weighted by Gasteiger charge is 2.29. The second kappa shape index (κ2) is 8.06. The summed E-state index contributed by atoms with van der Waals surface area (Å²) in [6, 6.07) is 4.79. The van der Waals surface area contributed by atoms with Crippen molar-refractivity contribution >= 4 is 29.3 Å². The van der Waals surface area contributed by atoms with Gasteiger partial charge in [-0.05, 0) is 38.0 Å². The molecule has 0 spiro atoms. The van der Waals surface area contributed by atoms with Crippen molar-refractivity contribution in [3.63, 3.8) is 0 Å². The maximum absolute atomic E-state index is 12.3. The molecule has 1 fully saturated rings. The number of urea groups is 1. The van der Waals surface area contributed by atoms with E-state index in [1.165, 1.54) is 7.11 Å². The number of hydrogen-bond donors (Lipinski definition) is 1. The van der Waals surface area contributed by atoms with Crippen LogP contribution in [0.5, 0.6) is 5.75 Å². The Morgan fingerprint density at radius 1 is 1.43 bits per heavy atom. The standard InChI is InChI=1S/C16H21ClN2O4/c1-3-23-15(20)11-5-4-8-19(10-11)16(21)18-12-6-7-14(22-2)13(17)9-12/h6-7,9,11H,3-5,8,10H2,1-2H3,(H,18,21)/t11-/m1/s1. The molecule has 1 atom stereocenters. The zero-order valence-corrected chi connectivity index (χ0v) is 14.1. The summed E-state index contributed by atoms with van der Waals surface area (Å²) in [7, 11) is 1.53. The summed E-state index contributed by atoms with van der Waals surface area (Å²) < 4.78 is 10.1. The first kappa shape index (κ1) is 17.4. The van der Waals surface area contributed by atoms with E-state index >= 15 is 0 Å². The van der Waals surface area contributed by atoms with Crippen LogP contribution in [0.2, 0.25) is 5.02 Å². The van der Waals surface area contributed by atoms with Crippen LogP contribution in [0.1, 0.15) is 19.8 Å². The lowest BCUT2D eigenvalue weighted by Gasteiger charge is -2.31. The summed E-state index contributed by atoms with van der Waals surface area (Å²) in [5.41, 5.74) is 0.582. The molecule has 0 unspecified atom stereocenters. The smallest absolute Gasteiger partial charge is 0.321 e. The fourth-order valence-electron chi connectivity index (χ4n) is 2.56. The van der Waals surface area contributed by atoms with Crippen LogP contribution in [-0.2, 0) is 9.53 Å². The van der Waals surface area contributed by atoms with Gasteiger partial charge in [0.05, 0.1) is 24.7 Å². The summed E-state index contributed by atoms with van der Waals surface area (Å²) >= 11 is 6.05. The average Bonchev–Trinajstić information content (AvgIpc) is 2.55. The predicted molar refractivity (Wildman–Crippen MR) is 88.0 cm³/mol. The number of hydrogen-bond acceptors (Lipinski definition) is 4. The molecule has 1 saturated heterocycles. The number of ether oxygens (including phenoxy) is 2. The Hall–Kier alpha value is -1.95. The lowest BCUT2D eigenvalue weighted by Crippen LogP contribution is -2.44. The van der Waals surface area contributed by atoms with Crippen molar-refractivity contribution in [1.82, 2.24) is 4.90 Å². The molecular weight excluding hydrogens is 320 g/mol. The SMILES string of the molecule is CCOC(=O)[C@@H]1CCCN(C(=O)Nc2ccc(OC)c(Cl)c2)C1. The minimum atomic E-state index is -0.256. The van der Waals surface area contributed by atoms with Gasteiger partial charge in [-0.15, -0.1) is 0 Å². The Bertz CT molecular complexity index is 579. The Labute approximate surface area is 140 Å². The molecule has 1 aromatic carbocycles. The topological polar surface area (TPSA) is 67.9 Å². The first-order valence-electron chi connectivity index (χ1n) is 7.61. The lowest BCUT2D eigenvalue weighted by atomic mass is 9.98. The Morgan fingerprint density at radius 3 is 2.87 bits per heavy atom. The van der Waals surface area contributed by atoms with Gasteiger partial charge < -0.3 is 19.7 Å². The molecule has 0 aromatic heterocycles. The van der Waals surface area contributed by atoms with Crippen LogP contribution in [0.4, 0.5) is 10.5 Å². The highest BCUT2D eigenvalue weighted by Crippen LogP contribution is 2.27. The molecule has 0 bridgehead atoms. The van der Waals surface area contributed by atoms with Crippen LogP contribution < -0.4 is 10.1 Å². The Balaban J connectivity index is 1.97. The zero-order valence-electron chi connectivity index (χ0n) is 13.3. The first-order valence-corrected chi connectivity index (χ1v) is 7.99. The molecular formula is C16H21ClN2O4. The normalized spacial score (nSPS) is 17.5. The molecule has 0 aliphatic carbocycles. The van der Waals surface area contributed by atoms with Crippen molar-refractivity contribution in [2.24, 2.45) is 5.92 Å². The number of esters is 1. The second-order valence-corrected chi connectivity index (χ2v) is 5.72. The van der Waals surface area contributed by atoms with Crippen molar-refractivity contribution in [3.8, 4) is 5.75 Å². The molecule has 1 aliphatic heterocycles. The van der Waals surface area contributed by atoms with Gasteiger partial charge in [-0.3, -0.25) is 4.79 Å². The lowest BCUT2D eigenvalue weighted by molar-refractivity contribution is -0.149. The number of benzene rings is 1. The number of anilines is 1. The molecule has 2 amide bonds. The van der Waals surface area contributed by atoms with Crippen molar-refractivity contribution in [2.75, 3.05) is 32.1 Å². The number of piperidine rings is 1. The average molecular weight is 341 g/mol. The molecule has 1 aliphatic rings. The third-order valence-electron chi connectivity index (χ3n) is 3.73. The molecule has 0 saturated carbocycles. The molecule has 6 nitrogen and oxygen atoms in total. The van der Waals surface area contributed by atoms with Gasteiger partial charge in [0.2, 0.25) is 0 Å². The van der Waals surface area contributed by atoms with Gasteiger partial charge in [-0.1, -0.05) is 11.6 Å². The van der Waals surface area contributed by atoms with Gasteiger partial charge in [0, 0.05) is 18.8 Å². The van der Waals surface area contributed by atoms with E-state index in [9.17, 15) is 9.59 Å². The van der Waals surface area contributed by atoms with Crippen molar-refractivity contribution in [3.05, 3.63) is 23.2 Å². The van der Waals surface area contributed by atoms with E-state index in [0.717, 1.165) is 12.8 Å². The molecule has 126 valence electrons. The van der Waals surface area contributed by atoms with Crippen LogP contribution >= 0.6 is 11.6 Å². The summed E-state index contributed by atoms with van der Waals surface area (Å²) in [5.74, 6) is 0.0522. The monoisotopic (exact) mass is 340 g/mol. The van der Waals surface area contributed by atoms with Crippen LogP contribution in [-0.4, -0.2) is 43.7 Å². The summed E-state index contributed by atoms with van der Waals surface area (Å²) in [5, 5.41) is 3.21. The van der Waals surface area contributed by atoms with E-state index < -0.39 is 0 Å². The largest absolute Gasteiger partial charge is 0.495 e. The molecule has 23 heavy (non-hydrogen) atoms. The first-order chi connectivity index (χ1) is 11.0. The fraction of sp³-hybridized carbons (Fsp3) is 0.500. The van der Waals surface area contributed by atoms with E-state index in [1.54, 1.807) is 30.0 Å². The summed E-state index contributed by atoms with van der Waals surface area (Å²) in [6.45, 7) is 3.12. The van der Waals surface area contributed by atoms with E-state index in [0.29, 0.717) is 36.2 Å². The third-order valence-corrected chi connectivity index (χ3v) is 4.03. The quantitative estimate of drug-likeness (QED) is 0.855. The third kappa shape index (κ3) is 4.51. The molecule has 1 N–H and O–H groups in total. The summed E-state index contributed by atoms with van der Waals surface area (Å²) in [6.07, 6.45) is 1.53. The highest BCUT2D eigenvalue weighted by molar-refractivity contribution is 6.32. The number of amides is 2. The molecule has 2 rings (SSSR count). The van der Waals surface area contributed by atoms with Crippen LogP contribution in [0.25, 0.3) is 0 Å². The number of nitrogens with zero attached hydrogens (tertiary/aromatic N) is 1. The zero-order chi connectivity index (χ0) is 16.8. The minimum Gasteiger partial charge on any atom is -0.495 e. The molecule has 1 aromatic rings. The Kier molecular flexibility index (Phi) is 6.10. The van der Waals surface area contributed by atoms with Gasteiger partial charge in [0.25, 0.3) is 0 Å². The van der Waals surface area contributed by atoms with Crippen LogP contribution in [0, 0.1) is 5.92 Å². The van der Waals surface area contributed by atoms with Crippen molar-refractivity contribution in [1.29, 1.82) is 0 Å². The van der Waals surface area contributed by atoms with Gasteiger partial charge in [0.15, 0.2) is 0 Å². The fourth-order valence-corrected chi connectivity index (χ4v) is 2.82. The number of halogens is 1. The summed E-state index contributed by atoms with van der Waals surface area (Å²) in [4.78, 5) is 25.8. The number of carbonyl (C=O) groups excluding carboxylic acids is 2. The maximum Gasteiger partial charge on any atom is 0.321 e. The maximum atomic E-state index is 12.3. The second-order valence-electron chi connectivity index (χ2n) is 5.32. The van der Waals surface area contributed by atoms with Gasteiger partial charge in [0.1, 0.15) is 5.75 Å².